The quantitative estimate of drug-likeness (QED) is 0.0645. The van der Waals surface area contributed by atoms with E-state index in [1.54, 1.807) is 0 Å². The molecule has 0 bridgehead atoms. The van der Waals surface area contributed by atoms with Crippen LogP contribution in [0.5, 0.6) is 5.75 Å². The third kappa shape index (κ3) is 81.4. The molecular weight excluding hydrogens is 1290 g/mol. The molecule has 0 aliphatic carbocycles. The third-order valence-electron chi connectivity index (χ3n) is 26.1. The van der Waals surface area contributed by atoms with E-state index in [1.165, 1.54) is 615 Å². The van der Waals surface area contributed by atoms with E-state index in [4.69, 9.17) is 0 Å². The number of para-hydroxylation sites is 1. The van der Waals surface area contributed by atoms with Crippen molar-refractivity contribution >= 4 is 0 Å². The lowest BCUT2D eigenvalue weighted by Crippen LogP contribution is -2.00. The molecule has 0 saturated heterocycles. The summed E-state index contributed by atoms with van der Waals surface area (Å²) in [5.41, 5.74) is 2.39. The normalized spacial score (nSPS) is 12.4. The molecule has 1 nitrogen and oxygen atoms in total. The zero-order valence-corrected chi connectivity index (χ0v) is 75.3. The van der Waals surface area contributed by atoms with E-state index in [0.717, 1.165) is 0 Å². The van der Waals surface area contributed by atoms with Crippen LogP contribution in [-0.4, -0.2) is 5.11 Å². The molecule has 1 aromatic rings. The molecule has 1 aromatic carbocycles. The number of hydrogen-bond acceptors (Lipinski definition) is 1. The van der Waals surface area contributed by atoms with Crippen LogP contribution in [0.4, 0.5) is 0 Å². The molecule has 0 saturated carbocycles. The first-order valence-corrected chi connectivity index (χ1v) is 51.9. The van der Waals surface area contributed by atoms with Crippen molar-refractivity contribution < 1.29 is 5.11 Å². The van der Waals surface area contributed by atoms with Crippen LogP contribution in [0.25, 0.3) is 0 Å². The van der Waals surface area contributed by atoms with Crippen LogP contribution in [0.1, 0.15) is 654 Å². The minimum absolute atomic E-state index is 0.441. The number of aromatic hydroxyl groups is 1. The number of rotatable bonds is 96. The molecule has 0 fully saturated rings. The number of hydrogen-bond donors (Lipinski definition) is 1. The van der Waals surface area contributed by atoms with Gasteiger partial charge in [-0.15, -0.1) is 0 Å². The van der Waals surface area contributed by atoms with Gasteiger partial charge in [-0.3, -0.25) is 0 Å². The topological polar surface area (TPSA) is 20.2 Å². The average Bonchev–Trinajstić information content (AvgIpc) is 0.831. The predicted octanol–water partition coefficient (Wildman–Crippen LogP) is 40.3. The van der Waals surface area contributed by atoms with Crippen molar-refractivity contribution in [3.05, 3.63) is 29.3 Å². The second kappa shape index (κ2) is 92.2. The Morgan fingerprint density at radius 2 is 0.252 bits per heavy atom. The molecule has 0 aliphatic heterocycles. The molecule has 2 atom stereocenters. The molecule has 1 rings (SSSR count). The van der Waals surface area contributed by atoms with Crippen molar-refractivity contribution in [1.82, 2.24) is 0 Å². The molecule has 2 unspecified atom stereocenters. The Bertz CT molecular complexity index is 1610. The van der Waals surface area contributed by atoms with Crippen molar-refractivity contribution in [3.63, 3.8) is 0 Å². The van der Waals surface area contributed by atoms with Crippen LogP contribution in [0.3, 0.4) is 0 Å². The minimum atomic E-state index is 0.441. The maximum absolute atomic E-state index is 11.4. The molecule has 0 radical (unpaired) electrons. The Morgan fingerprint density at radius 1 is 0.159 bits per heavy atom. The molecule has 1 N–H and O–H groups in total. The lowest BCUT2D eigenvalue weighted by molar-refractivity contribution is 0.441. The van der Waals surface area contributed by atoms with Crippen LogP contribution in [0.15, 0.2) is 18.2 Å². The van der Waals surface area contributed by atoms with Crippen LogP contribution in [0.2, 0.25) is 0 Å². The fourth-order valence-corrected chi connectivity index (χ4v) is 18.3. The van der Waals surface area contributed by atoms with Gasteiger partial charge < -0.3 is 5.11 Å². The van der Waals surface area contributed by atoms with Crippen LogP contribution >= 0.6 is 0 Å². The molecule has 0 heterocycles. The van der Waals surface area contributed by atoms with Gasteiger partial charge in [0.15, 0.2) is 0 Å². The summed E-state index contributed by atoms with van der Waals surface area (Å²) in [6, 6.07) is 6.63. The van der Waals surface area contributed by atoms with Crippen molar-refractivity contribution in [2.75, 3.05) is 0 Å². The summed E-state index contributed by atoms with van der Waals surface area (Å²) in [6.45, 7) is 9.33. The van der Waals surface area contributed by atoms with Crippen molar-refractivity contribution in [2.24, 2.45) is 0 Å². The van der Waals surface area contributed by atoms with Gasteiger partial charge in [0.1, 0.15) is 5.75 Å². The van der Waals surface area contributed by atoms with Gasteiger partial charge in [0.2, 0.25) is 0 Å². The SMILES string of the molecule is CCCCCCCCCCCCCCCCCCCCCCCCCCCCCCCCCCCCCCCCCCCCCCCCC(C)c1cccc(C(C)CCCCCCCCCCCCCCCCCCCCCCCCCCCCCCCCCCCCCCCCCCCCCCCC)c1O. The molecule has 107 heavy (non-hydrogen) atoms. The first-order chi connectivity index (χ1) is 53.1. The molecule has 636 valence electrons. The van der Waals surface area contributed by atoms with Gasteiger partial charge in [0.25, 0.3) is 0 Å². The summed E-state index contributed by atoms with van der Waals surface area (Å²) in [5, 5.41) is 11.4. The van der Waals surface area contributed by atoms with E-state index in [0.29, 0.717) is 17.6 Å². The number of unbranched alkanes of at least 4 members (excludes halogenated alkanes) is 90. The van der Waals surface area contributed by atoms with E-state index in [-0.39, 0.29) is 0 Å². The molecule has 0 spiro atoms. The van der Waals surface area contributed by atoms with Crippen LogP contribution in [0, 0.1) is 0 Å². The summed E-state index contributed by atoms with van der Waals surface area (Å²) in [5.74, 6) is 1.49. The molecule has 1 heteroatoms. The first kappa shape index (κ1) is 104. The van der Waals surface area contributed by atoms with Gasteiger partial charge >= 0.3 is 0 Å². The maximum atomic E-state index is 11.4. The Morgan fingerprint density at radius 3 is 0.355 bits per heavy atom. The summed E-state index contributed by atoms with van der Waals surface area (Å²) < 4.78 is 0. The predicted molar refractivity (Wildman–Crippen MR) is 490 cm³/mol. The smallest absolute Gasteiger partial charge is 0.122 e. The highest BCUT2D eigenvalue weighted by molar-refractivity contribution is 5.44. The van der Waals surface area contributed by atoms with Gasteiger partial charge in [-0.1, -0.05) is 637 Å². The second-order valence-electron chi connectivity index (χ2n) is 37.0. The van der Waals surface area contributed by atoms with E-state index >= 15 is 0 Å². The summed E-state index contributed by atoms with van der Waals surface area (Å²) in [4.78, 5) is 0. The molecule has 0 aliphatic rings. The standard InChI is InChI=1S/C106H206O/c1-5-7-9-11-13-15-17-19-21-23-25-27-29-31-33-35-37-39-41-43-45-47-49-51-53-55-57-59-61-63-65-67-69-71-73-75-77-79-81-83-85-87-89-91-93-95-98-102(3)104-100-97-101-105(106(104)107)103(4)99-96-94-92-90-88-86-84-82-80-78-76-74-72-70-68-66-64-62-60-58-56-54-52-50-48-46-44-42-40-38-36-34-32-30-28-26-24-22-20-18-16-14-12-10-8-6-2/h97,100-103,107H,5-96,98-99H2,1-4H3. The van der Waals surface area contributed by atoms with Crippen molar-refractivity contribution in [2.45, 2.75) is 643 Å². The summed E-state index contributed by atoms with van der Waals surface area (Å²) >= 11 is 0. The van der Waals surface area contributed by atoms with E-state index in [2.05, 4.69) is 45.9 Å². The maximum Gasteiger partial charge on any atom is 0.122 e. The average molecular weight is 1500 g/mol. The van der Waals surface area contributed by atoms with E-state index in [1.807, 2.05) is 0 Å². The fourth-order valence-electron chi connectivity index (χ4n) is 18.3. The Hall–Kier alpha value is -0.980. The van der Waals surface area contributed by atoms with E-state index < -0.39 is 0 Å². The first-order valence-electron chi connectivity index (χ1n) is 51.9. The number of phenols is 1. The zero-order chi connectivity index (χ0) is 76.5. The second-order valence-corrected chi connectivity index (χ2v) is 37.0. The minimum Gasteiger partial charge on any atom is -0.507 e. The van der Waals surface area contributed by atoms with Gasteiger partial charge in [-0.25, -0.2) is 0 Å². The lowest BCUT2D eigenvalue weighted by atomic mass is 9.87. The highest BCUT2D eigenvalue weighted by atomic mass is 16.3. The van der Waals surface area contributed by atoms with Gasteiger partial charge in [-0.05, 0) is 35.8 Å². The van der Waals surface area contributed by atoms with E-state index in [9.17, 15) is 5.11 Å². The summed E-state index contributed by atoms with van der Waals surface area (Å²) in [6.07, 6.45) is 137. The fraction of sp³-hybridized carbons (Fsp3) is 0.943. The van der Waals surface area contributed by atoms with Crippen molar-refractivity contribution in [1.29, 1.82) is 0 Å². The van der Waals surface area contributed by atoms with Gasteiger partial charge in [0.05, 0.1) is 0 Å². The van der Waals surface area contributed by atoms with Gasteiger partial charge in [-0.2, -0.15) is 0 Å². The molecule has 0 amide bonds. The molecular formula is C106H206O. The molecule has 0 aromatic heterocycles. The zero-order valence-electron chi connectivity index (χ0n) is 75.3. The van der Waals surface area contributed by atoms with Crippen molar-refractivity contribution in [3.8, 4) is 5.75 Å². The Labute approximate surface area is 679 Å². The highest BCUT2D eigenvalue weighted by Gasteiger charge is 2.17. The van der Waals surface area contributed by atoms with Crippen LogP contribution < -0.4 is 0 Å². The monoisotopic (exact) mass is 1500 g/mol. The number of phenolic OH excluding ortho intramolecular Hbond substituents is 1. The van der Waals surface area contributed by atoms with Crippen LogP contribution in [-0.2, 0) is 0 Å². The highest BCUT2D eigenvalue weighted by Crippen LogP contribution is 2.38. The Kier molecular flexibility index (Phi) is 89.6. The number of benzene rings is 1. The lowest BCUT2D eigenvalue weighted by Gasteiger charge is -2.19. The third-order valence-corrected chi connectivity index (χ3v) is 26.1. The van der Waals surface area contributed by atoms with Gasteiger partial charge in [0, 0.05) is 0 Å². The Balaban J connectivity index is 1.75. The summed E-state index contributed by atoms with van der Waals surface area (Å²) in [7, 11) is 0. The largest absolute Gasteiger partial charge is 0.507 e.